The molecule has 1 rings (SSSR count). The molecule has 0 atom stereocenters. The molecule has 0 aromatic heterocycles. The van der Waals surface area contributed by atoms with Crippen molar-refractivity contribution in [3.63, 3.8) is 0 Å². The first-order chi connectivity index (χ1) is 8.45. The van der Waals surface area contributed by atoms with Crippen molar-refractivity contribution in [1.82, 2.24) is 4.90 Å². The Kier molecular flexibility index (Phi) is 6.74. The lowest BCUT2D eigenvalue weighted by atomic mass is 10.2. The fourth-order valence-corrected chi connectivity index (χ4v) is 2.94. The minimum Gasteiger partial charge on any atom is -0.384 e. The van der Waals surface area contributed by atoms with Gasteiger partial charge in [0.05, 0.1) is 21.5 Å². The van der Waals surface area contributed by atoms with Crippen LogP contribution >= 0.6 is 47.2 Å². The molecular weight excluding hydrogens is 309 g/mol. The molecule has 0 spiro atoms. The molecule has 0 saturated carbocycles. The van der Waals surface area contributed by atoms with E-state index in [1.165, 1.54) is 11.8 Å². The highest BCUT2D eigenvalue weighted by atomic mass is 35.5. The molecule has 0 bridgehead atoms. The van der Waals surface area contributed by atoms with Crippen molar-refractivity contribution in [2.75, 3.05) is 27.8 Å². The van der Waals surface area contributed by atoms with Gasteiger partial charge >= 0.3 is 0 Å². The van der Waals surface area contributed by atoms with E-state index in [1.807, 2.05) is 31.1 Å². The van der Waals surface area contributed by atoms with Crippen LogP contribution in [0.15, 0.2) is 17.0 Å². The Hall–Kier alpha value is -0.000000000000000139. The van der Waals surface area contributed by atoms with Crippen molar-refractivity contribution in [1.29, 1.82) is 0 Å². The summed E-state index contributed by atoms with van der Waals surface area (Å²) in [5.74, 6) is 0. The molecule has 1 aromatic carbocycles. The number of thiocarbonyl (C=S) groups is 1. The number of hydrogen-bond acceptors (Lipinski definition) is 3. The summed E-state index contributed by atoms with van der Waals surface area (Å²) in [5, 5.41) is 1.26. The molecule has 18 heavy (non-hydrogen) atoms. The molecule has 0 amide bonds. The summed E-state index contributed by atoms with van der Waals surface area (Å²) >= 11 is 19.1. The van der Waals surface area contributed by atoms with E-state index in [0.717, 1.165) is 21.2 Å². The van der Waals surface area contributed by atoms with E-state index in [4.69, 9.17) is 40.2 Å². The van der Waals surface area contributed by atoms with Gasteiger partial charge in [-0.05, 0) is 24.1 Å². The van der Waals surface area contributed by atoms with Crippen LogP contribution in [-0.2, 0) is 11.2 Å². The summed E-state index contributed by atoms with van der Waals surface area (Å²) in [6.45, 7) is 0.648. The Bertz CT molecular complexity index is 415. The standard InChI is InChI=1S/C12H15Cl2NOS2/c1-15(2)12(17)18-11-9(13)6-8(4-5-16-3)7-10(11)14/h6-7H,4-5H2,1-3H3. The smallest absolute Gasteiger partial charge is 0.140 e. The Morgan fingerprint density at radius 1 is 1.33 bits per heavy atom. The van der Waals surface area contributed by atoms with Gasteiger partial charge in [-0.25, -0.2) is 0 Å². The Morgan fingerprint density at radius 3 is 2.33 bits per heavy atom. The topological polar surface area (TPSA) is 12.5 Å². The van der Waals surface area contributed by atoms with Crippen LogP contribution in [0.4, 0.5) is 0 Å². The maximum Gasteiger partial charge on any atom is 0.140 e. The zero-order chi connectivity index (χ0) is 13.7. The molecular formula is C12H15Cl2NOS2. The molecule has 0 fully saturated rings. The number of rotatable bonds is 4. The molecule has 0 aliphatic rings. The molecule has 0 N–H and O–H groups in total. The lowest BCUT2D eigenvalue weighted by molar-refractivity contribution is 0.202. The van der Waals surface area contributed by atoms with E-state index in [-0.39, 0.29) is 0 Å². The third-order valence-electron chi connectivity index (χ3n) is 2.21. The number of methoxy groups -OCH3 is 1. The summed E-state index contributed by atoms with van der Waals surface area (Å²) in [6.07, 6.45) is 0.791. The Balaban J connectivity index is 2.90. The fourth-order valence-electron chi connectivity index (χ4n) is 1.25. The summed E-state index contributed by atoms with van der Waals surface area (Å²) in [7, 11) is 5.46. The predicted molar refractivity (Wildman–Crippen MR) is 84.2 cm³/mol. The molecule has 100 valence electrons. The molecule has 6 heteroatoms. The van der Waals surface area contributed by atoms with Crippen LogP contribution in [0.25, 0.3) is 0 Å². The first-order valence-electron chi connectivity index (χ1n) is 5.31. The number of hydrogen-bond donors (Lipinski definition) is 0. The SMILES string of the molecule is COCCc1cc(Cl)c(SC(=S)N(C)C)c(Cl)c1. The molecule has 0 aliphatic heterocycles. The number of thioether (sulfide) groups is 1. The van der Waals surface area contributed by atoms with Gasteiger partial charge in [-0.1, -0.05) is 47.2 Å². The highest BCUT2D eigenvalue weighted by molar-refractivity contribution is 8.23. The van der Waals surface area contributed by atoms with Crippen molar-refractivity contribution < 1.29 is 4.74 Å². The summed E-state index contributed by atoms with van der Waals surface area (Å²) in [5.41, 5.74) is 1.06. The maximum absolute atomic E-state index is 6.24. The van der Waals surface area contributed by atoms with Gasteiger partial charge in [0.15, 0.2) is 0 Å². The number of halogens is 2. The largest absolute Gasteiger partial charge is 0.384 e. The number of benzene rings is 1. The lowest BCUT2D eigenvalue weighted by Gasteiger charge is -2.15. The van der Waals surface area contributed by atoms with Gasteiger partial charge in [-0.3, -0.25) is 0 Å². The van der Waals surface area contributed by atoms with Gasteiger partial charge in [0.2, 0.25) is 0 Å². The predicted octanol–water partition coefficient (Wildman–Crippen LogP) is 4.12. The van der Waals surface area contributed by atoms with Crippen molar-refractivity contribution in [2.24, 2.45) is 0 Å². The Morgan fingerprint density at radius 2 is 1.89 bits per heavy atom. The first-order valence-corrected chi connectivity index (χ1v) is 7.29. The normalized spacial score (nSPS) is 10.5. The van der Waals surface area contributed by atoms with Crippen LogP contribution in [0.2, 0.25) is 10.0 Å². The van der Waals surface area contributed by atoms with Gasteiger partial charge in [0.1, 0.15) is 4.32 Å². The van der Waals surface area contributed by atoms with Gasteiger partial charge in [0.25, 0.3) is 0 Å². The van der Waals surface area contributed by atoms with Crippen molar-refractivity contribution >= 4 is 51.5 Å². The molecule has 1 aromatic rings. The second kappa shape index (κ2) is 7.56. The molecule has 0 heterocycles. The molecule has 0 saturated heterocycles. The zero-order valence-corrected chi connectivity index (χ0v) is 13.6. The highest BCUT2D eigenvalue weighted by Crippen LogP contribution is 2.36. The lowest BCUT2D eigenvalue weighted by Crippen LogP contribution is -2.15. The van der Waals surface area contributed by atoms with Gasteiger partial charge in [-0.15, -0.1) is 0 Å². The molecule has 2 nitrogen and oxygen atoms in total. The highest BCUT2D eigenvalue weighted by Gasteiger charge is 2.12. The second-order valence-corrected chi connectivity index (χ2v) is 6.35. The summed E-state index contributed by atoms with van der Waals surface area (Å²) in [4.78, 5) is 2.66. The number of ether oxygens (including phenoxy) is 1. The minimum atomic E-state index is 0.628. The maximum atomic E-state index is 6.24. The molecule has 0 unspecified atom stereocenters. The number of nitrogens with zero attached hydrogens (tertiary/aromatic N) is 1. The van der Waals surface area contributed by atoms with Crippen LogP contribution < -0.4 is 0 Å². The minimum absolute atomic E-state index is 0.628. The van der Waals surface area contributed by atoms with Crippen LogP contribution in [0.1, 0.15) is 5.56 Å². The van der Waals surface area contributed by atoms with Crippen LogP contribution in [-0.4, -0.2) is 37.0 Å². The average Bonchev–Trinajstić information content (AvgIpc) is 2.30. The van der Waals surface area contributed by atoms with E-state index in [0.29, 0.717) is 16.7 Å². The van der Waals surface area contributed by atoms with E-state index < -0.39 is 0 Å². The second-order valence-electron chi connectivity index (χ2n) is 3.89. The zero-order valence-electron chi connectivity index (χ0n) is 10.5. The average molecular weight is 324 g/mol. The van der Waals surface area contributed by atoms with Gasteiger partial charge < -0.3 is 9.64 Å². The Labute approximate surface area is 128 Å². The van der Waals surface area contributed by atoms with Crippen LogP contribution in [0.3, 0.4) is 0 Å². The van der Waals surface area contributed by atoms with E-state index in [2.05, 4.69) is 0 Å². The molecule has 0 aliphatic carbocycles. The summed E-state index contributed by atoms with van der Waals surface area (Å²) < 4.78 is 5.76. The monoisotopic (exact) mass is 323 g/mol. The van der Waals surface area contributed by atoms with E-state index in [1.54, 1.807) is 7.11 Å². The van der Waals surface area contributed by atoms with Crippen molar-refractivity contribution in [3.05, 3.63) is 27.7 Å². The quantitative estimate of drug-likeness (QED) is 0.610. The van der Waals surface area contributed by atoms with Crippen LogP contribution in [0, 0.1) is 0 Å². The van der Waals surface area contributed by atoms with E-state index in [9.17, 15) is 0 Å². The van der Waals surface area contributed by atoms with Crippen LogP contribution in [0.5, 0.6) is 0 Å². The fraction of sp³-hybridized carbons (Fsp3) is 0.417. The van der Waals surface area contributed by atoms with Crippen molar-refractivity contribution in [2.45, 2.75) is 11.3 Å². The third-order valence-corrected chi connectivity index (χ3v) is 4.83. The van der Waals surface area contributed by atoms with E-state index >= 15 is 0 Å². The summed E-state index contributed by atoms with van der Waals surface area (Å²) in [6, 6.07) is 3.82. The first kappa shape index (κ1) is 16.1. The van der Waals surface area contributed by atoms with Crippen molar-refractivity contribution in [3.8, 4) is 0 Å². The van der Waals surface area contributed by atoms with Gasteiger partial charge in [0, 0.05) is 21.2 Å². The third kappa shape index (κ3) is 4.59. The van der Waals surface area contributed by atoms with Gasteiger partial charge in [-0.2, -0.15) is 0 Å². The molecule has 0 radical (unpaired) electrons.